The summed E-state index contributed by atoms with van der Waals surface area (Å²) in [6.07, 6.45) is 0. The van der Waals surface area contributed by atoms with Crippen molar-refractivity contribution in [1.29, 1.82) is 0 Å². The Kier molecular flexibility index (Phi) is 3.13. The van der Waals surface area contributed by atoms with Gasteiger partial charge >= 0.3 is 15.7 Å². The fourth-order valence-corrected chi connectivity index (χ4v) is 1.69. The van der Waals surface area contributed by atoms with E-state index in [4.69, 9.17) is 4.89 Å². The molecule has 0 radical (unpaired) electrons. The Labute approximate surface area is 55.6 Å². The summed E-state index contributed by atoms with van der Waals surface area (Å²) in [4.78, 5) is 8.43. The van der Waals surface area contributed by atoms with Crippen LogP contribution >= 0.6 is 15.7 Å². The average Bonchev–Trinajstić information content (AvgIpc) is 1.60. The van der Waals surface area contributed by atoms with Gasteiger partial charge < -0.3 is 4.89 Å². The predicted octanol–water partition coefficient (Wildman–Crippen LogP) is 1.37. The molecule has 0 spiro atoms. The van der Waals surface area contributed by atoms with E-state index in [-0.39, 0.29) is 0 Å². The summed E-state index contributed by atoms with van der Waals surface area (Å²) in [5.74, 6) is 0. The Hall–Kier alpha value is 0.200. The molecule has 62 valence electrons. The first kappa shape index (κ1) is 10.2. The van der Waals surface area contributed by atoms with Gasteiger partial charge in [0.1, 0.15) is 0 Å². The van der Waals surface area contributed by atoms with E-state index in [1.54, 1.807) is 0 Å². The molecule has 0 aliphatic heterocycles. The molecule has 9 heteroatoms. The summed E-state index contributed by atoms with van der Waals surface area (Å²) in [5, 5.41) is 0. The summed E-state index contributed by atoms with van der Waals surface area (Å²) in [7, 11) is -9.58. The van der Waals surface area contributed by atoms with Crippen molar-refractivity contribution < 1.29 is 26.9 Å². The topological polar surface area (TPSA) is 75.6 Å². The van der Waals surface area contributed by atoms with E-state index in [0.717, 1.165) is 0 Å². The van der Waals surface area contributed by atoms with Crippen LogP contribution < -0.4 is 4.86 Å². The third kappa shape index (κ3) is 5.02. The molecule has 0 aromatic rings. The predicted molar refractivity (Wildman–Crippen MR) is 29.8 cm³/mol. The minimum Gasteiger partial charge on any atom is -0.309 e. The maximum Gasteiger partial charge on any atom is 0.452 e. The third-order valence-electron chi connectivity index (χ3n) is 0.478. The molecule has 0 fully saturated rings. The lowest BCUT2D eigenvalue weighted by molar-refractivity contribution is 0.344. The van der Waals surface area contributed by atoms with Gasteiger partial charge in [-0.2, -0.15) is 0 Å². The van der Waals surface area contributed by atoms with Crippen LogP contribution in [0.2, 0.25) is 0 Å². The summed E-state index contributed by atoms with van der Waals surface area (Å²) < 4.78 is 46.8. The second-order valence-corrected chi connectivity index (χ2v) is 4.39. The van der Waals surface area contributed by atoms with Gasteiger partial charge in [0.05, 0.1) is 0 Å². The first-order chi connectivity index (χ1) is 4.27. The fraction of sp³-hybridized carbons (Fsp3) is 1.00. The highest BCUT2D eigenvalue weighted by atomic mass is 31.3. The van der Waals surface area contributed by atoms with Crippen molar-refractivity contribution in [3.05, 3.63) is 0 Å². The van der Waals surface area contributed by atoms with Gasteiger partial charge in [0.15, 0.2) is 0 Å². The highest BCUT2D eigenvalue weighted by Crippen LogP contribution is 2.54. The van der Waals surface area contributed by atoms with Crippen LogP contribution in [0.15, 0.2) is 0 Å². The highest BCUT2D eigenvalue weighted by molar-refractivity contribution is 7.66. The van der Waals surface area contributed by atoms with E-state index in [0.29, 0.717) is 12.0 Å². The minimum atomic E-state index is -5.32. The van der Waals surface area contributed by atoms with Crippen molar-refractivity contribution in [2.24, 2.45) is 0 Å². The number of hydrogen-bond acceptors (Lipinski definition) is 3. The molecule has 0 bridgehead atoms. The van der Waals surface area contributed by atoms with Gasteiger partial charge in [0.2, 0.25) is 0 Å². The van der Waals surface area contributed by atoms with Gasteiger partial charge in [-0.15, -0.1) is 13.3 Å². The minimum absolute atomic E-state index is 0.656. The Bertz CT molecular complexity index is 199. The zero-order valence-corrected chi connectivity index (χ0v) is 6.61. The van der Waals surface area contributed by atoms with Crippen LogP contribution in [0.5, 0.6) is 0 Å². The van der Waals surface area contributed by atoms with Crippen molar-refractivity contribution in [3.8, 4) is 0 Å². The largest absolute Gasteiger partial charge is 0.452 e. The molecule has 0 aliphatic carbocycles. The van der Waals surface area contributed by atoms with E-state index in [1.165, 1.54) is 0 Å². The quantitative estimate of drug-likeness (QED) is 0.665. The molecular weight excluding hydrogens is 190 g/mol. The zero-order valence-electron chi connectivity index (χ0n) is 4.82. The van der Waals surface area contributed by atoms with Crippen LogP contribution in [0.4, 0.5) is 8.39 Å². The van der Waals surface area contributed by atoms with Gasteiger partial charge in [-0.05, 0) is 0 Å². The normalized spacial score (nSPS) is 23.2. The fourth-order valence-electron chi connectivity index (χ4n) is 0.188. The SMILES string of the molecule is COP(=O)(F)NP(=O)(O)F. The molecule has 0 aliphatic rings. The van der Waals surface area contributed by atoms with E-state index >= 15 is 0 Å². The Morgan fingerprint density at radius 1 is 1.50 bits per heavy atom. The summed E-state index contributed by atoms with van der Waals surface area (Å²) >= 11 is 0. The molecular formula is CH5F2NO4P2. The lowest BCUT2D eigenvalue weighted by Gasteiger charge is -2.06. The number of halogens is 2. The van der Waals surface area contributed by atoms with Crippen molar-refractivity contribution >= 4 is 15.7 Å². The van der Waals surface area contributed by atoms with E-state index < -0.39 is 15.7 Å². The molecule has 0 aromatic heterocycles. The number of hydrogen-bond donors (Lipinski definition) is 2. The Morgan fingerprint density at radius 3 is 2.00 bits per heavy atom. The second kappa shape index (κ2) is 3.07. The van der Waals surface area contributed by atoms with E-state index in [2.05, 4.69) is 4.52 Å². The molecule has 2 unspecified atom stereocenters. The number of nitrogens with one attached hydrogen (secondary N) is 1. The van der Waals surface area contributed by atoms with Crippen molar-refractivity contribution in [2.75, 3.05) is 7.11 Å². The molecule has 0 saturated heterocycles. The molecule has 2 N–H and O–H groups in total. The van der Waals surface area contributed by atoms with Gasteiger partial charge in [-0.25, -0.2) is 9.13 Å². The highest BCUT2D eigenvalue weighted by Gasteiger charge is 2.31. The molecule has 0 rings (SSSR count). The van der Waals surface area contributed by atoms with E-state index in [9.17, 15) is 17.5 Å². The van der Waals surface area contributed by atoms with E-state index in [1.807, 2.05) is 0 Å². The first-order valence-electron chi connectivity index (χ1n) is 1.94. The standard InChI is InChI=1S/CH5F2NO4P2/c1-8-10(3,7)4-9(2,5)6/h1H3,(H2,4,5,6,7). The molecule has 2 atom stereocenters. The summed E-state index contributed by atoms with van der Waals surface area (Å²) in [5.41, 5.74) is 0. The molecule has 10 heavy (non-hydrogen) atoms. The van der Waals surface area contributed by atoms with Gasteiger partial charge in [0.25, 0.3) is 0 Å². The van der Waals surface area contributed by atoms with Gasteiger partial charge in [0, 0.05) is 7.11 Å². The maximum absolute atomic E-state index is 12.0. The van der Waals surface area contributed by atoms with Crippen molar-refractivity contribution in [1.82, 2.24) is 4.86 Å². The summed E-state index contributed by atoms with van der Waals surface area (Å²) in [6.45, 7) is 0. The van der Waals surface area contributed by atoms with Crippen LogP contribution in [0.25, 0.3) is 0 Å². The molecule has 0 aromatic carbocycles. The van der Waals surface area contributed by atoms with Crippen molar-refractivity contribution in [3.63, 3.8) is 0 Å². The Morgan fingerprint density at radius 2 is 1.90 bits per heavy atom. The second-order valence-electron chi connectivity index (χ2n) is 1.26. The maximum atomic E-state index is 12.0. The molecule has 0 heterocycles. The van der Waals surface area contributed by atoms with Crippen LogP contribution in [0.3, 0.4) is 0 Å². The number of rotatable bonds is 3. The lowest BCUT2D eigenvalue weighted by atomic mass is 11.8. The molecule has 0 saturated carbocycles. The zero-order chi connectivity index (χ0) is 8.41. The van der Waals surface area contributed by atoms with Gasteiger partial charge in [-0.3, -0.25) is 4.52 Å². The van der Waals surface area contributed by atoms with Crippen LogP contribution in [0.1, 0.15) is 0 Å². The summed E-state index contributed by atoms with van der Waals surface area (Å²) in [6, 6.07) is 0. The molecule has 5 nitrogen and oxygen atoms in total. The average molecular weight is 195 g/mol. The lowest BCUT2D eigenvalue weighted by Crippen LogP contribution is -2.01. The van der Waals surface area contributed by atoms with Gasteiger partial charge in [-0.1, -0.05) is 0 Å². The third-order valence-corrected chi connectivity index (χ3v) is 2.89. The van der Waals surface area contributed by atoms with Crippen LogP contribution in [-0.4, -0.2) is 12.0 Å². The smallest absolute Gasteiger partial charge is 0.309 e. The Balaban J connectivity index is 4.17. The van der Waals surface area contributed by atoms with Crippen molar-refractivity contribution in [2.45, 2.75) is 0 Å². The van der Waals surface area contributed by atoms with Crippen LogP contribution in [0, 0.1) is 0 Å². The van der Waals surface area contributed by atoms with Crippen LogP contribution in [-0.2, 0) is 13.7 Å². The molecule has 0 amide bonds. The monoisotopic (exact) mass is 195 g/mol. The first-order valence-corrected chi connectivity index (χ1v) is 5.01.